The van der Waals surface area contributed by atoms with Crippen LogP contribution >= 0.6 is 23.1 Å². The third-order valence-corrected chi connectivity index (χ3v) is 5.11. The Kier molecular flexibility index (Phi) is 6.87. The molecule has 1 aromatic rings. The van der Waals surface area contributed by atoms with Crippen LogP contribution in [0.5, 0.6) is 0 Å². The van der Waals surface area contributed by atoms with Crippen molar-refractivity contribution in [2.45, 2.75) is 32.6 Å². The molecular formula is C15H26N2O2S2. The standard InChI is InChI=1S/C15H26N2O2S2/c1-9(2)7-17(8-10(3)4)14-12(20-6)11(16)13(21-14)15(18)19-5/h9-10H,7-8,16H2,1-6H3. The monoisotopic (exact) mass is 330 g/mol. The Morgan fingerprint density at radius 3 is 2.19 bits per heavy atom. The predicted octanol–water partition coefficient (Wildman–Crippen LogP) is 3.96. The van der Waals surface area contributed by atoms with E-state index in [2.05, 4.69) is 32.6 Å². The minimum Gasteiger partial charge on any atom is -0.465 e. The van der Waals surface area contributed by atoms with Crippen LogP contribution in [0.25, 0.3) is 0 Å². The number of carbonyl (C=O) groups is 1. The highest BCUT2D eigenvalue weighted by atomic mass is 32.2. The number of carbonyl (C=O) groups excluding carboxylic acids is 1. The fraction of sp³-hybridized carbons (Fsp3) is 0.667. The number of thiophene rings is 1. The summed E-state index contributed by atoms with van der Waals surface area (Å²) in [6, 6.07) is 0. The summed E-state index contributed by atoms with van der Waals surface area (Å²) in [4.78, 5) is 15.7. The molecule has 0 radical (unpaired) electrons. The Labute approximate surface area is 136 Å². The number of hydrogen-bond donors (Lipinski definition) is 1. The van der Waals surface area contributed by atoms with E-state index in [1.165, 1.54) is 18.4 Å². The summed E-state index contributed by atoms with van der Waals surface area (Å²) >= 11 is 3.03. The van der Waals surface area contributed by atoms with Crippen molar-refractivity contribution >= 4 is 39.8 Å². The van der Waals surface area contributed by atoms with E-state index in [0.29, 0.717) is 22.4 Å². The van der Waals surface area contributed by atoms with Gasteiger partial charge in [0.1, 0.15) is 9.88 Å². The van der Waals surface area contributed by atoms with E-state index in [-0.39, 0.29) is 5.97 Å². The van der Waals surface area contributed by atoms with E-state index in [9.17, 15) is 4.79 Å². The molecule has 6 heteroatoms. The van der Waals surface area contributed by atoms with Crippen molar-refractivity contribution in [3.63, 3.8) is 0 Å². The molecule has 1 heterocycles. The molecule has 0 aliphatic heterocycles. The summed E-state index contributed by atoms with van der Waals surface area (Å²) < 4.78 is 4.84. The zero-order chi connectivity index (χ0) is 16.2. The first kappa shape index (κ1) is 18.2. The third kappa shape index (κ3) is 4.54. The highest BCUT2D eigenvalue weighted by molar-refractivity contribution is 7.99. The average Bonchev–Trinajstić information content (AvgIpc) is 2.73. The van der Waals surface area contributed by atoms with Crippen molar-refractivity contribution in [1.82, 2.24) is 0 Å². The number of ether oxygens (including phenoxy) is 1. The molecule has 0 unspecified atom stereocenters. The van der Waals surface area contributed by atoms with Gasteiger partial charge in [-0.1, -0.05) is 27.7 Å². The molecule has 1 rings (SSSR count). The van der Waals surface area contributed by atoms with Gasteiger partial charge in [0.15, 0.2) is 0 Å². The SMILES string of the molecule is COC(=O)c1sc(N(CC(C)C)CC(C)C)c(SC)c1N. The number of thioether (sulfide) groups is 1. The number of rotatable bonds is 7. The quantitative estimate of drug-likeness (QED) is 0.606. The van der Waals surface area contributed by atoms with Crippen LogP contribution in [0.1, 0.15) is 37.4 Å². The van der Waals surface area contributed by atoms with E-state index >= 15 is 0 Å². The van der Waals surface area contributed by atoms with Crippen molar-refractivity contribution in [2.24, 2.45) is 11.8 Å². The minimum absolute atomic E-state index is 0.354. The van der Waals surface area contributed by atoms with Crippen molar-refractivity contribution in [2.75, 3.05) is 37.1 Å². The smallest absolute Gasteiger partial charge is 0.350 e. The molecule has 0 atom stereocenters. The van der Waals surface area contributed by atoms with Crippen LogP contribution in [0.2, 0.25) is 0 Å². The largest absolute Gasteiger partial charge is 0.465 e. The van der Waals surface area contributed by atoms with Gasteiger partial charge in [-0.25, -0.2) is 4.79 Å². The topological polar surface area (TPSA) is 55.6 Å². The first-order valence-electron chi connectivity index (χ1n) is 7.11. The molecule has 1 aromatic heterocycles. The summed E-state index contributed by atoms with van der Waals surface area (Å²) in [6.07, 6.45) is 1.99. The van der Waals surface area contributed by atoms with Gasteiger partial charge in [-0.3, -0.25) is 0 Å². The summed E-state index contributed by atoms with van der Waals surface area (Å²) in [5, 5.41) is 1.09. The Bertz CT molecular complexity index is 474. The molecule has 4 nitrogen and oxygen atoms in total. The summed E-state index contributed by atoms with van der Waals surface area (Å²) in [5.41, 5.74) is 6.70. The molecule has 2 N–H and O–H groups in total. The molecule has 0 spiro atoms. The predicted molar refractivity (Wildman–Crippen MR) is 93.7 cm³/mol. The molecule has 0 aliphatic rings. The van der Waals surface area contributed by atoms with Gasteiger partial charge < -0.3 is 15.4 Å². The van der Waals surface area contributed by atoms with Crippen LogP contribution in [-0.4, -0.2) is 32.4 Å². The lowest BCUT2D eigenvalue weighted by molar-refractivity contribution is 0.0607. The van der Waals surface area contributed by atoms with Crippen molar-refractivity contribution in [3.05, 3.63) is 4.88 Å². The first-order chi connectivity index (χ1) is 9.81. The average molecular weight is 331 g/mol. The first-order valence-corrected chi connectivity index (χ1v) is 9.15. The molecule has 0 saturated carbocycles. The zero-order valence-electron chi connectivity index (χ0n) is 13.7. The summed E-state index contributed by atoms with van der Waals surface area (Å²) in [5.74, 6) is 0.736. The Balaban J connectivity index is 3.25. The van der Waals surface area contributed by atoms with E-state index in [0.717, 1.165) is 23.0 Å². The van der Waals surface area contributed by atoms with Gasteiger partial charge >= 0.3 is 5.97 Å². The van der Waals surface area contributed by atoms with Crippen LogP contribution in [0, 0.1) is 11.8 Å². The van der Waals surface area contributed by atoms with E-state index in [1.54, 1.807) is 11.8 Å². The number of esters is 1. The number of nitrogen functional groups attached to an aromatic ring is 1. The van der Waals surface area contributed by atoms with Crippen molar-refractivity contribution < 1.29 is 9.53 Å². The Hall–Kier alpha value is -0.880. The van der Waals surface area contributed by atoms with Gasteiger partial charge in [0.25, 0.3) is 0 Å². The normalized spacial score (nSPS) is 11.2. The zero-order valence-corrected chi connectivity index (χ0v) is 15.4. The molecule has 120 valence electrons. The Morgan fingerprint density at radius 1 is 1.29 bits per heavy atom. The number of nitrogens with two attached hydrogens (primary N) is 1. The fourth-order valence-electron chi connectivity index (χ4n) is 2.19. The van der Waals surface area contributed by atoms with Crippen LogP contribution in [-0.2, 0) is 4.74 Å². The summed E-state index contributed by atoms with van der Waals surface area (Å²) in [7, 11) is 1.39. The molecule has 0 aromatic carbocycles. The molecule has 0 bridgehead atoms. The molecular weight excluding hydrogens is 304 g/mol. The highest BCUT2D eigenvalue weighted by Gasteiger charge is 2.25. The highest BCUT2D eigenvalue weighted by Crippen LogP contribution is 2.44. The van der Waals surface area contributed by atoms with Gasteiger partial charge in [-0.15, -0.1) is 23.1 Å². The molecule has 21 heavy (non-hydrogen) atoms. The molecule has 0 amide bonds. The third-order valence-electron chi connectivity index (χ3n) is 2.92. The van der Waals surface area contributed by atoms with Gasteiger partial charge in [-0.2, -0.15) is 0 Å². The maximum absolute atomic E-state index is 11.9. The number of hydrogen-bond acceptors (Lipinski definition) is 6. The lowest BCUT2D eigenvalue weighted by Crippen LogP contribution is -2.31. The van der Waals surface area contributed by atoms with Crippen molar-refractivity contribution in [3.8, 4) is 0 Å². The molecule has 0 aliphatic carbocycles. The summed E-state index contributed by atoms with van der Waals surface area (Å²) in [6.45, 7) is 10.7. The molecule has 0 fully saturated rings. The van der Waals surface area contributed by atoms with Crippen LogP contribution < -0.4 is 10.6 Å². The van der Waals surface area contributed by atoms with Gasteiger partial charge in [0.05, 0.1) is 17.7 Å². The number of anilines is 2. The lowest BCUT2D eigenvalue weighted by Gasteiger charge is -2.28. The lowest BCUT2D eigenvalue weighted by atomic mass is 10.1. The number of methoxy groups -OCH3 is 1. The van der Waals surface area contributed by atoms with E-state index < -0.39 is 0 Å². The van der Waals surface area contributed by atoms with Gasteiger partial charge in [0, 0.05) is 13.1 Å². The second-order valence-electron chi connectivity index (χ2n) is 5.87. The minimum atomic E-state index is -0.354. The fourth-order valence-corrected chi connectivity index (χ4v) is 4.31. The van der Waals surface area contributed by atoms with Crippen LogP contribution in [0.4, 0.5) is 10.7 Å². The number of nitrogens with zero attached hydrogens (tertiary/aromatic N) is 1. The Morgan fingerprint density at radius 2 is 1.81 bits per heavy atom. The second kappa shape index (κ2) is 7.94. The van der Waals surface area contributed by atoms with E-state index in [1.807, 2.05) is 6.26 Å². The second-order valence-corrected chi connectivity index (χ2v) is 7.68. The molecule has 0 saturated heterocycles. The van der Waals surface area contributed by atoms with Crippen molar-refractivity contribution in [1.29, 1.82) is 0 Å². The maximum Gasteiger partial charge on any atom is 0.350 e. The van der Waals surface area contributed by atoms with E-state index in [4.69, 9.17) is 10.5 Å². The van der Waals surface area contributed by atoms with Crippen LogP contribution in [0.15, 0.2) is 4.90 Å². The van der Waals surface area contributed by atoms with Gasteiger partial charge in [-0.05, 0) is 18.1 Å². The van der Waals surface area contributed by atoms with Gasteiger partial charge in [0.2, 0.25) is 0 Å². The maximum atomic E-state index is 11.9. The van der Waals surface area contributed by atoms with Crippen LogP contribution in [0.3, 0.4) is 0 Å².